The first-order valence-corrected chi connectivity index (χ1v) is 9.26. The summed E-state index contributed by atoms with van der Waals surface area (Å²) in [4.78, 5) is 38.8. The van der Waals surface area contributed by atoms with Crippen molar-refractivity contribution in [2.24, 2.45) is 0 Å². The number of hydrogen-bond donors (Lipinski definition) is 1. The van der Waals surface area contributed by atoms with Crippen molar-refractivity contribution in [3.63, 3.8) is 0 Å². The summed E-state index contributed by atoms with van der Waals surface area (Å²) in [5.41, 5.74) is 0.372. The van der Waals surface area contributed by atoms with Crippen LogP contribution in [0.4, 0.5) is 10.5 Å². The highest BCUT2D eigenvalue weighted by Crippen LogP contribution is 2.39. The van der Waals surface area contributed by atoms with Crippen LogP contribution in [0.15, 0.2) is 42.0 Å². The minimum atomic E-state index is -0.923. The van der Waals surface area contributed by atoms with E-state index in [4.69, 9.17) is 32.2 Å². The number of carbonyl (C=O) groups is 3. The van der Waals surface area contributed by atoms with Crippen molar-refractivity contribution in [2.75, 3.05) is 25.7 Å². The molecule has 1 fully saturated rings. The molecule has 1 saturated heterocycles. The number of rotatable bonds is 6. The van der Waals surface area contributed by atoms with Crippen LogP contribution in [0.2, 0.25) is 5.02 Å². The van der Waals surface area contributed by atoms with Gasteiger partial charge in [0.15, 0.2) is 0 Å². The van der Waals surface area contributed by atoms with Crippen molar-refractivity contribution in [1.29, 1.82) is 0 Å². The molecule has 31 heavy (non-hydrogen) atoms. The molecule has 1 aliphatic rings. The highest BCUT2D eigenvalue weighted by molar-refractivity contribution is 6.39. The maximum absolute atomic E-state index is 13.1. The van der Waals surface area contributed by atoms with Crippen LogP contribution in [0, 0.1) is 12.3 Å². The number of anilines is 1. The van der Waals surface area contributed by atoms with E-state index in [1.807, 2.05) is 0 Å². The number of terminal acetylenes is 1. The van der Waals surface area contributed by atoms with Gasteiger partial charge in [-0.15, -0.1) is 6.42 Å². The van der Waals surface area contributed by atoms with Gasteiger partial charge in [0.2, 0.25) is 0 Å². The minimum absolute atomic E-state index is 0.0719. The number of amides is 4. The SMILES string of the molecule is C#CCOc1ccc(C=C2C(=O)NC(=O)N(c3cc(OC)c(Cl)cc3OC)C2=O)cc1. The van der Waals surface area contributed by atoms with E-state index in [2.05, 4.69) is 11.2 Å². The lowest BCUT2D eigenvalue weighted by molar-refractivity contribution is -0.122. The number of imide groups is 2. The molecule has 0 unspecified atom stereocenters. The Hall–Kier alpha value is -3.96. The van der Waals surface area contributed by atoms with E-state index in [-0.39, 0.29) is 34.4 Å². The molecule has 1 N–H and O–H groups in total. The number of halogens is 1. The van der Waals surface area contributed by atoms with Crippen LogP contribution < -0.4 is 24.4 Å². The van der Waals surface area contributed by atoms with E-state index >= 15 is 0 Å². The first kappa shape index (κ1) is 21.7. The molecular formula is C22H17ClN2O6. The van der Waals surface area contributed by atoms with Crippen LogP contribution in [-0.4, -0.2) is 38.7 Å². The second-order valence-corrected chi connectivity index (χ2v) is 6.59. The average Bonchev–Trinajstić information content (AvgIpc) is 2.76. The minimum Gasteiger partial charge on any atom is -0.495 e. The van der Waals surface area contributed by atoms with Crippen LogP contribution in [0.3, 0.4) is 0 Å². The average molecular weight is 441 g/mol. The number of barbiturate groups is 1. The summed E-state index contributed by atoms with van der Waals surface area (Å²) in [6, 6.07) is 8.44. The fourth-order valence-electron chi connectivity index (χ4n) is 2.85. The van der Waals surface area contributed by atoms with Crippen molar-refractivity contribution < 1.29 is 28.6 Å². The lowest BCUT2D eigenvalue weighted by Crippen LogP contribution is -2.54. The van der Waals surface area contributed by atoms with Crippen molar-refractivity contribution in [3.8, 4) is 29.6 Å². The number of urea groups is 1. The van der Waals surface area contributed by atoms with Crippen molar-refractivity contribution in [3.05, 3.63) is 52.6 Å². The summed E-state index contributed by atoms with van der Waals surface area (Å²) < 4.78 is 15.7. The zero-order valence-corrected chi connectivity index (χ0v) is 17.4. The van der Waals surface area contributed by atoms with Crippen LogP contribution in [0.25, 0.3) is 6.08 Å². The van der Waals surface area contributed by atoms with Gasteiger partial charge in [-0.1, -0.05) is 29.7 Å². The molecule has 2 aromatic rings. The Morgan fingerprint density at radius 1 is 1.10 bits per heavy atom. The Bertz CT molecular complexity index is 1120. The third-order valence-corrected chi connectivity index (χ3v) is 4.60. The number of nitrogens with zero attached hydrogens (tertiary/aromatic N) is 1. The molecule has 3 rings (SSSR count). The van der Waals surface area contributed by atoms with Crippen molar-refractivity contribution in [2.45, 2.75) is 0 Å². The molecule has 0 atom stereocenters. The van der Waals surface area contributed by atoms with Crippen LogP contribution >= 0.6 is 11.6 Å². The van der Waals surface area contributed by atoms with Gasteiger partial charge in [-0.2, -0.15) is 0 Å². The monoisotopic (exact) mass is 440 g/mol. The number of methoxy groups -OCH3 is 2. The number of carbonyl (C=O) groups excluding carboxylic acids is 3. The van der Waals surface area contributed by atoms with Crippen LogP contribution in [-0.2, 0) is 9.59 Å². The molecular weight excluding hydrogens is 424 g/mol. The predicted octanol–water partition coefficient (Wildman–Crippen LogP) is 3.04. The van der Waals surface area contributed by atoms with E-state index in [1.54, 1.807) is 24.3 Å². The lowest BCUT2D eigenvalue weighted by atomic mass is 10.1. The van der Waals surface area contributed by atoms with E-state index in [0.29, 0.717) is 11.3 Å². The van der Waals surface area contributed by atoms with Gasteiger partial charge in [-0.05, 0) is 23.8 Å². The van der Waals surface area contributed by atoms with Gasteiger partial charge >= 0.3 is 6.03 Å². The Morgan fingerprint density at radius 2 is 1.77 bits per heavy atom. The van der Waals surface area contributed by atoms with Gasteiger partial charge < -0.3 is 14.2 Å². The molecule has 1 aliphatic heterocycles. The normalized spacial score (nSPS) is 14.8. The van der Waals surface area contributed by atoms with Gasteiger partial charge in [0.1, 0.15) is 29.4 Å². The molecule has 158 valence electrons. The van der Waals surface area contributed by atoms with Gasteiger partial charge in [-0.3, -0.25) is 14.9 Å². The van der Waals surface area contributed by atoms with Crippen LogP contribution in [0.5, 0.6) is 17.2 Å². The molecule has 1 heterocycles. The number of nitrogens with one attached hydrogen (secondary N) is 1. The lowest BCUT2D eigenvalue weighted by Gasteiger charge is -2.28. The standard InChI is InChI=1S/C22H17ClN2O6/c1-4-9-31-14-7-5-13(6-8-14)10-15-20(26)24-22(28)25(21(15)27)17-12-18(29-2)16(23)11-19(17)30-3/h1,5-8,10-12H,9H2,2-3H3,(H,24,26,28). The van der Waals surface area contributed by atoms with Gasteiger partial charge in [-0.25, -0.2) is 9.69 Å². The predicted molar refractivity (Wildman–Crippen MR) is 114 cm³/mol. The zero-order chi connectivity index (χ0) is 22.5. The van der Waals surface area contributed by atoms with E-state index < -0.39 is 17.8 Å². The first-order valence-electron chi connectivity index (χ1n) is 8.89. The summed E-state index contributed by atoms with van der Waals surface area (Å²) in [6.07, 6.45) is 6.52. The second-order valence-electron chi connectivity index (χ2n) is 6.18. The summed E-state index contributed by atoms with van der Waals surface area (Å²) in [5.74, 6) is 1.62. The van der Waals surface area contributed by atoms with E-state index in [0.717, 1.165) is 4.90 Å². The maximum atomic E-state index is 13.1. The Balaban J connectivity index is 2.00. The topological polar surface area (TPSA) is 94.2 Å². The fraction of sp³-hybridized carbons (Fsp3) is 0.136. The molecule has 4 amide bonds. The van der Waals surface area contributed by atoms with E-state index in [1.165, 1.54) is 32.4 Å². The van der Waals surface area contributed by atoms with Gasteiger partial charge in [0, 0.05) is 12.1 Å². The molecule has 9 heteroatoms. The molecule has 0 radical (unpaired) electrons. The summed E-state index contributed by atoms with van der Waals surface area (Å²) in [7, 11) is 2.75. The van der Waals surface area contributed by atoms with Crippen molar-refractivity contribution >= 4 is 41.2 Å². The molecule has 8 nitrogen and oxygen atoms in total. The van der Waals surface area contributed by atoms with E-state index in [9.17, 15) is 14.4 Å². The van der Waals surface area contributed by atoms with Gasteiger partial charge in [0.05, 0.1) is 24.9 Å². The molecule has 0 aromatic heterocycles. The molecule has 0 saturated carbocycles. The zero-order valence-electron chi connectivity index (χ0n) is 16.6. The smallest absolute Gasteiger partial charge is 0.336 e. The largest absolute Gasteiger partial charge is 0.495 e. The highest BCUT2D eigenvalue weighted by Gasteiger charge is 2.38. The quantitative estimate of drug-likeness (QED) is 0.421. The molecule has 0 aliphatic carbocycles. The number of ether oxygens (including phenoxy) is 3. The third-order valence-electron chi connectivity index (χ3n) is 4.31. The fourth-order valence-corrected chi connectivity index (χ4v) is 3.08. The first-order chi connectivity index (χ1) is 14.9. The maximum Gasteiger partial charge on any atom is 0.336 e. The molecule has 0 bridgehead atoms. The third kappa shape index (κ3) is 4.47. The Kier molecular flexibility index (Phi) is 6.48. The number of benzene rings is 2. The Labute approximate surface area is 183 Å². The van der Waals surface area contributed by atoms with Crippen LogP contribution in [0.1, 0.15) is 5.56 Å². The van der Waals surface area contributed by atoms with Gasteiger partial charge in [0.25, 0.3) is 11.8 Å². The summed E-state index contributed by atoms with van der Waals surface area (Å²) >= 11 is 6.10. The summed E-state index contributed by atoms with van der Waals surface area (Å²) in [5, 5.41) is 2.38. The number of hydrogen-bond acceptors (Lipinski definition) is 6. The molecule has 0 spiro atoms. The molecule has 2 aromatic carbocycles. The Morgan fingerprint density at radius 3 is 2.39 bits per heavy atom. The second kappa shape index (κ2) is 9.24. The van der Waals surface area contributed by atoms with Crippen molar-refractivity contribution in [1.82, 2.24) is 5.32 Å². The highest BCUT2D eigenvalue weighted by atomic mass is 35.5. The summed E-state index contributed by atoms with van der Waals surface area (Å²) in [6.45, 7) is 0.116.